The number of fused-ring (bicyclic) bond motifs is 1. The number of ether oxygens (including phenoxy) is 1. The summed E-state index contributed by atoms with van der Waals surface area (Å²) in [4.78, 5) is 1.98. The highest BCUT2D eigenvalue weighted by Gasteiger charge is 2.51. The lowest BCUT2D eigenvalue weighted by molar-refractivity contribution is -0.130. The van der Waals surface area contributed by atoms with Crippen molar-refractivity contribution >= 4 is 0 Å². The Bertz CT molecular complexity index is 152. The molecule has 2 saturated heterocycles. The third kappa shape index (κ3) is 0.645. The number of hydrogen-bond donors (Lipinski definition) is 2. The van der Waals surface area contributed by atoms with Gasteiger partial charge in [-0.15, -0.1) is 0 Å². The molecule has 2 N–H and O–H groups in total. The largest absolute Gasteiger partial charge is 0.386 e. The van der Waals surface area contributed by atoms with Crippen LogP contribution < -0.4 is 0 Å². The molecule has 4 heteroatoms. The van der Waals surface area contributed by atoms with E-state index in [1.807, 2.05) is 11.9 Å². The van der Waals surface area contributed by atoms with E-state index in [-0.39, 0.29) is 12.1 Å². The number of aliphatic hydroxyl groups excluding tert-OH is 2. The maximum Gasteiger partial charge on any atom is 0.182 e. The molecular formula is C6H11NO3. The van der Waals surface area contributed by atoms with Crippen molar-refractivity contribution in [1.82, 2.24) is 4.90 Å². The minimum absolute atomic E-state index is 0.0231. The summed E-state index contributed by atoms with van der Waals surface area (Å²) in [6.45, 7) is 0.818. The number of aliphatic hydroxyl groups is 2. The zero-order valence-corrected chi connectivity index (χ0v) is 5.77. The van der Waals surface area contributed by atoms with Crippen LogP contribution >= 0.6 is 0 Å². The summed E-state index contributed by atoms with van der Waals surface area (Å²) in [6.07, 6.45) is -1.64. The second-order valence-electron chi connectivity index (χ2n) is 2.99. The lowest BCUT2D eigenvalue weighted by Crippen LogP contribution is -2.59. The second kappa shape index (κ2) is 1.92. The second-order valence-corrected chi connectivity index (χ2v) is 2.99. The third-order valence-corrected chi connectivity index (χ3v) is 2.31. The van der Waals surface area contributed by atoms with E-state index in [0.29, 0.717) is 0 Å². The van der Waals surface area contributed by atoms with E-state index in [0.717, 1.165) is 6.54 Å². The van der Waals surface area contributed by atoms with E-state index in [4.69, 9.17) is 9.84 Å². The Labute approximate surface area is 59.0 Å². The van der Waals surface area contributed by atoms with Gasteiger partial charge in [-0.3, -0.25) is 4.90 Å². The summed E-state index contributed by atoms with van der Waals surface area (Å²) >= 11 is 0. The van der Waals surface area contributed by atoms with Gasteiger partial charge in [0.2, 0.25) is 0 Å². The van der Waals surface area contributed by atoms with E-state index >= 15 is 0 Å². The molecule has 0 aliphatic carbocycles. The number of likely N-dealkylation sites (tertiary alicyclic amines) is 1. The zero-order valence-electron chi connectivity index (χ0n) is 5.77. The van der Waals surface area contributed by atoms with Gasteiger partial charge in [0.25, 0.3) is 0 Å². The number of likely N-dealkylation sites (N-methyl/N-ethyl adjacent to an activating group) is 1. The lowest BCUT2D eigenvalue weighted by Gasteiger charge is -2.40. The van der Waals surface area contributed by atoms with Gasteiger partial charge in [-0.05, 0) is 7.05 Å². The van der Waals surface area contributed by atoms with E-state index in [2.05, 4.69) is 0 Å². The summed E-state index contributed by atoms with van der Waals surface area (Å²) in [5, 5.41) is 18.2. The van der Waals surface area contributed by atoms with Gasteiger partial charge >= 0.3 is 0 Å². The minimum Gasteiger partial charge on any atom is -0.386 e. The van der Waals surface area contributed by atoms with Crippen LogP contribution in [0.5, 0.6) is 0 Å². The first kappa shape index (κ1) is 6.54. The highest BCUT2D eigenvalue weighted by Crippen LogP contribution is 2.31. The first-order valence-corrected chi connectivity index (χ1v) is 3.42. The summed E-state index contributed by atoms with van der Waals surface area (Å²) in [5.74, 6) is 0. The Hall–Kier alpha value is -0.160. The molecule has 0 amide bonds. The molecule has 2 aliphatic rings. The van der Waals surface area contributed by atoms with Gasteiger partial charge in [0.1, 0.15) is 6.10 Å². The van der Waals surface area contributed by atoms with Crippen LogP contribution in [0.1, 0.15) is 0 Å². The topological polar surface area (TPSA) is 52.9 Å². The summed E-state index contributed by atoms with van der Waals surface area (Å²) in [5.41, 5.74) is 0. The van der Waals surface area contributed by atoms with Crippen molar-refractivity contribution in [3.8, 4) is 0 Å². The monoisotopic (exact) mass is 145 g/mol. The molecule has 0 spiro atoms. The normalized spacial score (nSPS) is 54.3. The van der Waals surface area contributed by atoms with Crippen LogP contribution in [0.15, 0.2) is 0 Å². The molecule has 0 aromatic rings. The average Bonchev–Trinajstić information content (AvgIpc) is 2.05. The predicted octanol–water partition coefficient (Wildman–Crippen LogP) is -1.62. The van der Waals surface area contributed by atoms with Crippen molar-refractivity contribution in [2.24, 2.45) is 0 Å². The highest BCUT2D eigenvalue weighted by atomic mass is 16.6. The molecule has 0 bridgehead atoms. The Morgan fingerprint density at radius 3 is 2.60 bits per heavy atom. The fourth-order valence-electron chi connectivity index (χ4n) is 1.69. The molecule has 2 aliphatic heterocycles. The van der Waals surface area contributed by atoms with Crippen LogP contribution in [0.25, 0.3) is 0 Å². The fraction of sp³-hybridized carbons (Fsp3) is 1.00. The molecule has 58 valence electrons. The Morgan fingerprint density at radius 1 is 1.50 bits per heavy atom. The van der Waals surface area contributed by atoms with Gasteiger partial charge in [-0.2, -0.15) is 0 Å². The first-order chi connectivity index (χ1) is 4.70. The molecule has 0 saturated carbocycles. The van der Waals surface area contributed by atoms with Crippen molar-refractivity contribution < 1.29 is 14.9 Å². The van der Waals surface area contributed by atoms with Crippen LogP contribution in [0, 0.1) is 0 Å². The van der Waals surface area contributed by atoms with E-state index in [9.17, 15) is 5.11 Å². The van der Waals surface area contributed by atoms with Gasteiger partial charge in [0.15, 0.2) is 6.29 Å². The molecule has 0 aromatic carbocycles. The van der Waals surface area contributed by atoms with Gasteiger partial charge < -0.3 is 14.9 Å². The SMILES string of the molecule is CN1C[C@H]2OC(O)[C@@H](O)[C@H]21. The lowest BCUT2D eigenvalue weighted by atomic mass is 9.98. The van der Waals surface area contributed by atoms with Crippen molar-refractivity contribution in [2.45, 2.75) is 24.5 Å². The summed E-state index contributed by atoms with van der Waals surface area (Å²) < 4.78 is 5.01. The quantitative estimate of drug-likeness (QED) is 0.430. The van der Waals surface area contributed by atoms with Gasteiger partial charge in [-0.1, -0.05) is 0 Å². The fourth-order valence-corrected chi connectivity index (χ4v) is 1.69. The minimum atomic E-state index is -0.972. The van der Waals surface area contributed by atoms with Gasteiger partial charge in [-0.25, -0.2) is 0 Å². The smallest absolute Gasteiger partial charge is 0.182 e. The van der Waals surface area contributed by atoms with Crippen molar-refractivity contribution in [3.63, 3.8) is 0 Å². The molecule has 2 heterocycles. The standard InChI is InChI=1S/C6H11NO3/c1-7-2-3-4(7)5(8)6(9)10-3/h3-6,8-9H,2H2,1H3/t3-,4+,5+,6?/m1/s1. The highest BCUT2D eigenvalue weighted by molar-refractivity contribution is 5.01. The molecule has 0 aromatic heterocycles. The first-order valence-electron chi connectivity index (χ1n) is 3.42. The van der Waals surface area contributed by atoms with Crippen molar-refractivity contribution in [3.05, 3.63) is 0 Å². The van der Waals surface area contributed by atoms with Crippen molar-refractivity contribution in [1.29, 1.82) is 0 Å². The molecule has 1 unspecified atom stereocenters. The van der Waals surface area contributed by atoms with Crippen LogP contribution in [0.2, 0.25) is 0 Å². The predicted molar refractivity (Wildman–Crippen MR) is 33.3 cm³/mol. The van der Waals surface area contributed by atoms with E-state index < -0.39 is 12.4 Å². The molecule has 0 radical (unpaired) electrons. The molecule has 2 rings (SSSR count). The zero-order chi connectivity index (χ0) is 7.30. The van der Waals surface area contributed by atoms with Gasteiger partial charge in [0, 0.05) is 6.54 Å². The van der Waals surface area contributed by atoms with Crippen LogP contribution in [0.4, 0.5) is 0 Å². The average molecular weight is 145 g/mol. The Kier molecular flexibility index (Phi) is 1.25. The van der Waals surface area contributed by atoms with E-state index in [1.54, 1.807) is 0 Å². The van der Waals surface area contributed by atoms with Crippen molar-refractivity contribution in [2.75, 3.05) is 13.6 Å². The summed E-state index contributed by atoms with van der Waals surface area (Å²) in [6, 6.07) is 0.0231. The maximum absolute atomic E-state index is 9.24. The maximum atomic E-state index is 9.24. The molecule has 4 nitrogen and oxygen atoms in total. The van der Waals surface area contributed by atoms with Crippen LogP contribution in [0.3, 0.4) is 0 Å². The summed E-state index contributed by atoms with van der Waals surface area (Å²) in [7, 11) is 1.91. The van der Waals surface area contributed by atoms with Crippen LogP contribution in [-0.4, -0.2) is 53.2 Å². The molecule has 4 atom stereocenters. The van der Waals surface area contributed by atoms with Gasteiger partial charge in [0.05, 0.1) is 12.1 Å². The Balaban J connectivity index is 2.08. The number of hydrogen-bond acceptors (Lipinski definition) is 4. The Morgan fingerprint density at radius 2 is 2.20 bits per heavy atom. The number of rotatable bonds is 0. The van der Waals surface area contributed by atoms with Crippen LogP contribution in [-0.2, 0) is 4.74 Å². The number of nitrogens with zero attached hydrogens (tertiary/aromatic N) is 1. The van der Waals surface area contributed by atoms with E-state index in [1.165, 1.54) is 0 Å². The molecular weight excluding hydrogens is 134 g/mol. The third-order valence-electron chi connectivity index (χ3n) is 2.31. The molecule has 10 heavy (non-hydrogen) atoms. The molecule has 2 fully saturated rings.